The van der Waals surface area contributed by atoms with E-state index in [1.165, 1.54) is 18.4 Å². The Morgan fingerprint density at radius 2 is 1.83 bits per heavy atom. The summed E-state index contributed by atoms with van der Waals surface area (Å²) < 4.78 is 5.46. The molecular weight excluding hydrogens is 302 g/mol. The first-order valence-electron chi connectivity index (χ1n) is 8.85. The van der Waals surface area contributed by atoms with Gasteiger partial charge in [-0.25, -0.2) is 9.97 Å². The molecule has 0 aromatic carbocycles. The number of hydrogen-bond acceptors (Lipinski definition) is 6. The van der Waals surface area contributed by atoms with Gasteiger partial charge in [0, 0.05) is 56.0 Å². The molecule has 3 heterocycles. The summed E-state index contributed by atoms with van der Waals surface area (Å²) in [6.07, 6.45) is 2.51. The second-order valence-corrected chi connectivity index (χ2v) is 7.06. The van der Waals surface area contributed by atoms with Crippen LogP contribution in [0.3, 0.4) is 0 Å². The van der Waals surface area contributed by atoms with Gasteiger partial charge in [-0.3, -0.25) is 4.90 Å². The van der Waals surface area contributed by atoms with E-state index in [0.29, 0.717) is 5.92 Å². The average molecular weight is 327 g/mol. The fourth-order valence-corrected chi connectivity index (χ4v) is 3.37. The van der Waals surface area contributed by atoms with Gasteiger partial charge in [-0.1, -0.05) is 5.16 Å². The van der Waals surface area contributed by atoms with Gasteiger partial charge in [0.2, 0.25) is 0 Å². The van der Waals surface area contributed by atoms with Crippen LogP contribution in [0.25, 0.3) is 0 Å². The van der Waals surface area contributed by atoms with Crippen LogP contribution >= 0.6 is 0 Å². The third-order valence-electron chi connectivity index (χ3n) is 5.09. The largest absolute Gasteiger partial charge is 0.361 e. The molecule has 0 bridgehead atoms. The first-order chi connectivity index (χ1) is 11.6. The number of nitrogens with zero attached hydrogens (tertiary/aromatic N) is 5. The van der Waals surface area contributed by atoms with Crippen molar-refractivity contribution in [2.75, 3.05) is 31.1 Å². The Morgan fingerprint density at radius 3 is 2.54 bits per heavy atom. The Morgan fingerprint density at radius 1 is 1.08 bits per heavy atom. The molecule has 2 aliphatic rings. The van der Waals surface area contributed by atoms with E-state index in [0.717, 1.165) is 61.5 Å². The molecule has 6 heteroatoms. The minimum Gasteiger partial charge on any atom is -0.361 e. The summed E-state index contributed by atoms with van der Waals surface area (Å²) in [4.78, 5) is 13.9. The smallest absolute Gasteiger partial charge is 0.140 e. The number of hydrogen-bond donors (Lipinski definition) is 0. The van der Waals surface area contributed by atoms with Crippen molar-refractivity contribution in [3.63, 3.8) is 0 Å². The first kappa shape index (κ1) is 15.6. The van der Waals surface area contributed by atoms with Gasteiger partial charge in [0.1, 0.15) is 17.4 Å². The maximum absolute atomic E-state index is 5.46. The van der Waals surface area contributed by atoms with Gasteiger partial charge in [-0.05, 0) is 33.6 Å². The van der Waals surface area contributed by atoms with Gasteiger partial charge in [0.05, 0.1) is 5.69 Å². The van der Waals surface area contributed by atoms with Crippen LogP contribution in [0.1, 0.15) is 47.3 Å². The molecule has 0 spiro atoms. The fraction of sp³-hybridized carbons (Fsp3) is 0.611. The molecule has 24 heavy (non-hydrogen) atoms. The van der Waals surface area contributed by atoms with Crippen molar-refractivity contribution in [3.05, 3.63) is 34.6 Å². The van der Waals surface area contributed by atoms with Crippen LogP contribution in [0.15, 0.2) is 10.6 Å². The molecule has 1 saturated heterocycles. The van der Waals surface area contributed by atoms with E-state index in [9.17, 15) is 0 Å². The third-order valence-corrected chi connectivity index (χ3v) is 5.09. The molecule has 128 valence electrons. The summed E-state index contributed by atoms with van der Waals surface area (Å²) >= 11 is 0. The summed E-state index contributed by atoms with van der Waals surface area (Å²) in [6.45, 7) is 11.0. The lowest BCUT2D eigenvalue weighted by atomic mass is 10.2. The van der Waals surface area contributed by atoms with E-state index in [4.69, 9.17) is 4.52 Å². The maximum Gasteiger partial charge on any atom is 0.140 e. The van der Waals surface area contributed by atoms with E-state index in [1.54, 1.807) is 0 Å². The van der Waals surface area contributed by atoms with Crippen LogP contribution < -0.4 is 4.90 Å². The average Bonchev–Trinajstić information content (AvgIpc) is 3.32. The summed E-state index contributed by atoms with van der Waals surface area (Å²) in [5.41, 5.74) is 3.34. The van der Waals surface area contributed by atoms with Gasteiger partial charge in [0.15, 0.2) is 0 Å². The maximum atomic E-state index is 5.46. The molecule has 0 atom stereocenters. The predicted octanol–water partition coefficient (Wildman–Crippen LogP) is 2.59. The zero-order valence-electron chi connectivity index (χ0n) is 14.7. The molecule has 1 aliphatic carbocycles. The molecule has 0 radical (unpaired) electrons. The molecule has 1 aliphatic heterocycles. The minimum atomic E-state index is 0.635. The van der Waals surface area contributed by atoms with Crippen LogP contribution in [0, 0.1) is 20.8 Å². The molecule has 4 rings (SSSR count). The van der Waals surface area contributed by atoms with Crippen LogP contribution in [0.5, 0.6) is 0 Å². The molecule has 6 nitrogen and oxygen atoms in total. The standard InChI is InChI=1S/C18H25N5O/c1-12-13(2)19-14(3)20-18(12)23-8-6-22(7-9-23)11-16-10-17(24-21-16)15-4-5-15/h10,15H,4-9,11H2,1-3H3. The van der Waals surface area contributed by atoms with Crippen molar-refractivity contribution < 1.29 is 4.52 Å². The Hall–Kier alpha value is -1.95. The number of piperazine rings is 1. The Labute approximate surface area is 142 Å². The second-order valence-electron chi connectivity index (χ2n) is 7.06. The predicted molar refractivity (Wildman–Crippen MR) is 92.2 cm³/mol. The van der Waals surface area contributed by atoms with E-state index < -0.39 is 0 Å². The molecular formula is C18H25N5O. The molecule has 0 amide bonds. The van der Waals surface area contributed by atoms with Crippen molar-refractivity contribution in [1.29, 1.82) is 0 Å². The van der Waals surface area contributed by atoms with Gasteiger partial charge in [-0.2, -0.15) is 0 Å². The lowest BCUT2D eigenvalue weighted by Gasteiger charge is -2.35. The number of aryl methyl sites for hydroxylation is 2. The van der Waals surface area contributed by atoms with Crippen molar-refractivity contribution in [2.45, 2.75) is 46.1 Å². The normalized spacial score (nSPS) is 19.0. The quantitative estimate of drug-likeness (QED) is 0.860. The van der Waals surface area contributed by atoms with E-state index in [2.05, 4.69) is 44.8 Å². The number of rotatable bonds is 4. The number of anilines is 1. The van der Waals surface area contributed by atoms with Crippen molar-refractivity contribution in [3.8, 4) is 0 Å². The zero-order valence-corrected chi connectivity index (χ0v) is 14.7. The highest BCUT2D eigenvalue weighted by atomic mass is 16.5. The van der Waals surface area contributed by atoms with Gasteiger partial charge in [0.25, 0.3) is 0 Å². The van der Waals surface area contributed by atoms with Crippen molar-refractivity contribution in [2.24, 2.45) is 0 Å². The Balaban J connectivity index is 1.37. The molecule has 2 aromatic rings. The Kier molecular flexibility index (Phi) is 4.00. The summed E-state index contributed by atoms with van der Waals surface area (Å²) in [5.74, 6) is 3.66. The van der Waals surface area contributed by atoms with E-state index >= 15 is 0 Å². The summed E-state index contributed by atoms with van der Waals surface area (Å²) in [7, 11) is 0. The van der Waals surface area contributed by atoms with Gasteiger partial charge < -0.3 is 9.42 Å². The fourth-order valence-electron chi connectivity index (χ4n) is 3.37. The third kappa shape index (κ3) is 3.15. The lowest BCUT2D eigenvalue weighted by molar-refractivity contribution is 0.241. The molecule has 0 N–H and O–H groups in total. The SMILES string of the molecule is Cc1nc(C)c(C)c(N2CCN(Cc3cc(C4CC4)on3)CC2)n1. The Bertz CT molecular complexity index is 729. The van der Waals surface area contributed by atoms with E-state index in [-0.39, 0.29) is 0 Å². The zero-order chi connectivity index (χ0) is 16.7. The van der Waals surface area contributed by atoms with Crippen molar-refractivity contribution in [1.82, 2.24) is 20.0 Å². The van der Waals surface area contributed by atoms with Gasteiger partial charge in [-0.15, -0.1) is 0 Å². The molecule has 0 unspecified atom stereocenters. The molecule has 1 saturated carbocycles. The molecule has 2 fully saturated rings. The number of aromatic nitrogens is 3. The topological polar surface area (TPSA) is 58.3 Å². The van der Waals surface area contributed by atoms with Crippen LogP contribution in [0.2, 0.25) is 0 Å². The van der Waals surface area contributed by atoms with Crippen LogP contribution in [-0.2, 0) is 6.54 Å². The highest BCUT2D eigenvalue weighted by Crippen LogP contribution is 2.40. The van der Waals surface area contributed by atoms with Crippen molar-refractivity contribution >= 4 is 5.82 Å². The van der Waals surface area contributed by atoms with E-state index in [1.807, 2.05) is 6.92 Å². The highest BCUT2D eigenvalue weighted by molar-refractivity contribution is 5.48. The summed E-state index contributed by atoms with van der Waals surface area (Å²) in [6, 6.07) is 2.14. The first-order valence-corrected chi connectivity index (χ1v) is 8.85. The lowest BCUT2D eigenvalue weighted by Crippen LogP contribution is -2.46. The minimum absolute atomic E-state index is 0.635. The summed E-state index contributed by atoms with van der Waals surface area (Å²) in [5, 5.41) is 4.24. The van der Waals surface area contributed by atoms with Crippen LogP contribution in [0.4, 0.5) is 5.82 Å². The monoisotopic (exact) mass is 327 g/mol. The second kappa shape index (κ2) is 6.16. The molecule has 2 aromatic heterocycles. The van der Waals surface area contributed by atoms with Crippen LogP contribution in [-0.4, -0.2) is 46.2 Å². The highest BCUT2D eigenvalue weighted by Gasteiger charge is 2.28. The van der Waals surface area contributed by atoms with Gasteiger partial charge >= 0.3 is 0 Å².